The highest BCUT2D eigenvalue weighted by atomic mass is 32.1. The van der Waals surface area contributed by atoms with Gasteiger partial charge in [0.2, 0.25) is 0 Å². The largest absolute Gasteiger partial charge is 0.369 e. The zero-order valence-corrected chi connectivity index (χ0v) is 14.2. The van der Waals surface area contributed by atoms with Crippen molar-refractivity contribution in [1.82, 2.24) is 9.97 Å². The van der Waals surface area contributed by atoms with Crippen LogP contribution < -0.4 is 5.32 Å². The van der Waals surface area contributed by atoms with Gasteiger partial charge < -0.3 is 5.32 Å². The normalized spacial score (nSPS) is 17.2. The average Bonchev–Trinajstić information content (AvgIpc) is 2.94. The van der Waals surface area contributed by atoms with Gasteiger partial charge in [-0.3, -0.25) is 0 Å². The molecule has 1 aliphatic rings. The molecule has 4 rings (SSSR count). The highest BCUT2D eigenvalue weighted by molar-refractivity contribution is 7.19. The van der Waals surface area contributed by atoms with Crippen LogP contribution in [0.4, 0.5) is 5.82 Å². The Bertz CT molecular complexity index is 810. The van der Waals surface area contributed by atoms with Gasteiger partial charge in [0, 0.05) is 11.4 Å². The molecule has 3 nitrogen and oxygen atoms in total. The van der Waals surface area contributed by atoms with E-state index in [0.717, 1.165) is 36.0 Å². The summed E-state index contributed by atoms with van der Waals surface area (Å²) >= 11 is 1.86. The Labute approximate surface area is 140 Å². The smallest absolute Gasteiger partial charge is 0.138 e. The molecular weight excluding hydrogens is 302 g/mol. The number of aromatic nitrogens is 2. The molecule has 0 spiro atoms. The molecule has 4 heteroatoms. The Balaban J connectivity index is 1.57. The fraction of sp³-hybridized carbons (Fsp3) is 0.368. The van der Waals surface area contributed by atoms with Gasteiger partial charge in [0.05, 0.1) is 5.39 Å². The second kappa shape index (κ2) is 6.28. The van der Waals surface area contributed by atoms with Crippen molar-refractivity contribution in [2.45, 2.75) is 32.6 Å². The first-order valence-electron chi connectivity index (χ1n) is 8.34. The van der Waals surface area contributed by atoms with E-state index >= 15 is 0 Å². The molecule has 0 bridgehead atoms. The summed E-state index contributed by atoms with van der Waals surface area (Å²) in [5.41, 5.74) is 2.84. The molecule has 0 aliphatic heterocycles. The molecule has 1 atom stereocenters. The molecule has 1 N–H and O–H groups in total. The third-order valence-electron chi connectivity index (χ3n) is 4.64. The van der Waals surface area contributed by atoms with Crippen LogP contribution in [-0.2, 0) is 19.3 Å². The van der Waals surface area contributed by atoms with E-state index in [9.17, 15) is 0 Å². The highest BCUT2D eigenvalue weighted by Gasteiger charge is 2.22. The summed E-state index contributed by atoms with van der Waals surface area (Å²) in [6.07, 6.45) is 6.34. The number of fused-ring (bicyclic) bond motifs is 3. The zero-order chi connectivity index (χ0) is 15.6. The maximum Gasteiger partial charge on any atom is 0.138 e. The summed E-state index contributed by atoms with van der Waals surface area (Å²) in [5.74, 6) is 1.80. The second-order valence-corrected chi connectivity index (χ2v) is 7.50. The van der Waals surface area contributed by atoms with Crippen LogP contribution in [0.5, 0.6) is 0 Å². The predicted octanol–water partition coefficient (Wildman–Crippen LogP) is 4.47. The summed E-state index contributed by atoms with van der Waals surface area (Å²) in [6.45, 7) is 3.25. The van der Waals surface area contributed by atoms with Crippen LogP contribution in [-0.4, -0.2) is 16.5 Å². The van der Waals surface area contributed by atoms with Crippen LogP contribution in [0, 0.1) is 5.92 Å². The number of thiophene rings is 1. The number of nitrogens with one attached hydrogen (secondary N) is 1. The van der Waals surface area contributed by atoms with Gasteiger partial charge in [-0.15, -0.1) is 11.3 Å². The van der Waals surface area contributed by atoms with Gasteiger partial charge in [-0.1, -0.05) is 37.3 Å². The van der Waals surface area contributed by atoms with Gasteiger partial charge >= 0.3 is 0 Å². The van der Waals surface area contributed by atoms with Crippen molar-refractivity contribution < 1.29 is 0 Å². The van der Waals surface area contributed by atoms with Crippen molar-refractivity contribution >= 4 is 27.4 Å². The van der Waals surface area contributed by atoms with Gasteiger partial charge in [-0.05, 0) is 42.7 Å². The Morgan fingerprint density at radius 3 is 2.96 bits per heavy atom. The summed E-state index contributed by atoms with van der Waals surface area (Å²) in [6, 6.07) is 10.6. The standard InChI is InChI=1S/C19H21N3S/c1-13-7-8-15-16(11-13)23-19-17(15)18(21-12-22-19)20-10-9-14-5-3-2-4-6-14/h2-6,12-13H,7-11H2,1H3,(H,20,21,22). The molecule has 0 fully saturated rings. The number of anilines is 1. The van der Waals surface area contributed by atoms with Crippen LogP contribution >= 0.6 is 11.3 Å². The third-order valence-corrected chi connectivity index (χ3v) is 5.80. The van der Waals surface area contributed by atoms with Crippen LogP contribution in [0.25, 0.3) is 10.2 Å². The van der Waals surface area contributed by atoms with Crippen molar-refractivity contribution in [3.8, 4) is 0 Å². The second-order valence-electron chi connectivity index (χ2n) is 6.42. The fourth-order valence-electron chi connectivity index (χ4n) is 3.38. The average molecular weight is 323 g/mol. The minimum Gasteiger partial charge on any atom is -0.369 e. The van der Waals surface area contributed by atoms with Gasteiger partial charge in [0.1, 0.15) is 17.0 Å². The van der Waals surface area contributed by atoms with Crippen molar-refractivity contribution in [2.24, 2.45) is 5.92 Å². The number of hydrogen-bond donors (Lipinski definition) is 1. The molecular formula is C19H21N3S. The van der Waals surface area contributed by atoms with Crippen LogP contribution in [0.15, 0.2) is 36.7 Å². The van der Waals surface area contributed by atoms with E-state index in [1.807, 2.05) is 11.3 Å². The first-order chi connectivity index (χ1) is 11.3. The van der Waals surface area contributed by atoms with E-state index < -0.39 is 0 Å². The Kier molecular flexibility index (Phi) is 4.00. The minimum absolute atomic E-state index is 0.790. The molecule has 1 aromatic carbocycles. The Morgan fingerprint density at radius 1 is 1.22 bits per heavy atom. The number of hydrogen-bond acceptors (Lipinski definition) is 4. The van der Waals surface area contributed by atoms with Gasteiger partial charge in [0.15, 0.2) is 0 Å². The summed E-state index contributed by atoms with van der Waals surface area (Å²) in [5, 5.41) is 4.81. The molecule has 1 aliphatic carbocycles. The Hall–Kier alpha value is -1.94. The first-order valence-corrected chi connectivity index (χ1v) is 9.16. The van der Waals surface area contributed by atoms with E-state index in [-0.39, 0.29) is 0 Å². The SMILES string of the molecule is CC1CCc2c(sc3ncnc(NCCc4ccccc4)c23)C1. The first kappa shape index (κ1) is 14.6. The minimum atomic E-state index is 0.790. The molecule has 0 saturated carbocycles. The van der Waals surface area contributed by atoms with Gasteiger partial charge in [0.25, 0.3) is 0 Å². The predicted molar refractivity (Wildman–Crippen MR) is 97.2 cm³/mol. The maximum absolute atomic E-state index is 4.52. The van der Waals surface area contributed by atoms with E-state index in [4.69, 9.17) is 0 Å². The van der Waals surface area contributed by atoms with Crippen LogP contribution in [0.3, 0.4) is 0 Å². The maximum atomic E-state index is 4.52. The topological polar surface area (TPSA) is 37.8 Å². The lowest BCUT2D eigenvalue weighted by atomic mass is 9.89. The Morgan fingerprint density at radius 2 is 2.09 bits per heavy atom. The molecule has 2 heterocycles. The van der Waals surface area contributed by atoms with E-state index in [1.165, 1.54) is 34.2 Å². The van der Waals surface area contributed by atoms with Crippen molar-refractivity contribution in [3.05, 3.63) is 52.7 Å². The molecule has 23 heavy (non-hydrogen) atoms. The summed E-state index contributed by atoms with van der Waals surface area (Å²) in [7, 11) is 0. The summed E-state index contributed by atoms with van der Waals surface area (Å²) < 4.78 is 0. The van der Waals surface area contributed by atoms with E-state index in [1.54, 1.807) is 6.33 Å². The number of rotatable bonds is 4. The molecule has 0 amide bonds. The van der Waals surface area contributed by atoms with Crippen LogP contribution in [0.1, 0.15) is 29.3 Å². The van der Waals surface area contributed by atoms with E-state index in [0.29, 0.717) is 0 Å². The number of benzene rings is 1. The number of aryl methyl sites for hydroxylation is 1. The fourth-order valence-corrected chi connectivity index (χ4v) is 4.73. The summed E-state index contributed by atoms with van der Waals surface area (Å²) in [4.78, 5) is 11.7. The van der Waals surface area contributed by atoms with Gasteiger partial charge in [-0.2, -0.15) is 0 Å². The molecule has 1 unspecified atom stereocenters. The molecule has 118 valence electrons. The van der Waals surface area contributed by atoms with Crippen molar-refractivity contribution in [3.63, 3.8) is 0 Å². The van der Waals surface area contributed by atoms with Crippen molar-refractivity contribution in [2.75, 3.05) is 11.9 Å². The highest BCUT2D eigenvalue weighted by Crippen LogP contribution is 2.39. The lowest BCUT2D eigenvalue weighted by Crippen LogP contribution is -2.10. The quantitative estimate of drug-likeness (QED) is 0.770. The molecule has 0 radical (unpaired) electrons. The van der Waals surface area contributed by atoms with Gasteiger partial charge in [-0.25, -0.2) is 9.97 Å². The lowest BCUT2D eigenvalue weighted by molar-refractivity contribution is 0.509. The molecule has 0 saturated heterocycles. The monoisotopic (exact) mass is 323 g/mol. The number of nitrogens with zero attached hydrogens (tertiary/aromatic N) is 2. The third kappa shape index (κ3) is 2.95. The van der Waals surface area contributed by atoms with Crippen molar-refractivity contribution in [1.29, 1.82) is 0 Å². The zero-order valence-electron chi connectivity index (χ0n) is 13.4. The molecule has 3 aromatic rings. The lowest BCUT2D eigenvalue weighted by Gasteiger charge is -2.18. The molecule has 2 aromatic heterocycles. The van der Waals surface area contributed by atoms with Crippen LogP contribution in [0.2, 0.25) is 0 Å². The van der Waals surface area contributed by atoms with E-state index in [2.05, 4.69) is 52.5 Å².